The molecule has 0 radical (unpaired) electrons. The van der Waals surface area contributed by atoms with Crippen molar-refractivity contribution in [2.24, 2.45) is 5.92 Å². The zero-order valence-electron chi connectivity index (χ0n) is 15.6. The van der Waals surface area contributed by atoms with E-state index in [0.29, 0.717) is 23.3 Å². The molecule has 2 aromatic rings. The predicted molar refractivity (Wildman–Crippen MR) is 99.7 cm³/mol. The number of amides is 1. The Labute approximate surface area is 149 Å². The van der Waals surface area contributed by atoms with Crippen molar-refractivity contribution in [3.63, 3.8) is 0 Å². The van der Waals surface area contributed by atoms with Gasteiger partial charge in [-0.3, -0.25) is 4.79 Å². The fraction of sp³-hybridized carbons (Fsp3) is 0.450. The van der Waals surface area contributed by atoms with Gasteiger partial charge in [0.25, 0.3) is 5.91 Å². The standard InChI is InChI=1S/C20H28N2O3/c1-13(2)15(4)22-17-9-6-8-16(14(17)3)19(23)21-12-20(5,24)18-10-7-11-25-18/h6-11,13,15,22,24H,12H2,1-5H3,(H,21,23). The van der Waals surface area contributed by atoms with Crippen LogP contribution in [-0.2, 0) is 5.60 Å². The maximum absolute atomic E-state index is 12.6. The lowest BCUT2D eigenvalue weighted by Gasteiger charge is -2.23. The summed E-state index contributed by atoms with van der Waals surface area (Å²) >= 11 is 0. The highest BCUT2D eigenvalue weighted by atomic mass is 16.4. The molecule has 2 atom stereocenters. The average Bonchev–Trinajstić information content (AvgIpc) is 3.10. The van der Waals surface area contributed by atoms with Crippen LogP contribution >= 0.6 is 0 Å². The predicted octanol–water partition coefficient (Wildman–Crippen LogP) is 3.68. The molecule has 25 heavy (non-hydrogen) atoms. The van der Waals surface area contributed by atoms with Crippen LogP contribution in [0.4, 0.5) is 5.69 Å². The van der Waals surface area contributed by atoms with Crippen LogP contribution in [0, 0.1) is 12.8 Å². The first-order valence-electron chi connectivity index (χ1n) is 8.63. The molecule has 136 valence electrons. The zero-order chi connectivity index (χ0) is 18.6. The van der Waals surface area contributed by atoms with Gasteiger partial charge in [0, 0.05) is 17.3 Å². The van der Waals surface area contributed by atoms with E-state index in [-0.39, 0.29) is 12.5 Å². The van der Waals surface area contributed by atoms with Gasteiger partial charge in [-0.25, -0.2) is 0 Å². The molecule has 0 saturated heterocycles. The fourth-order valence-corrected chi connectivity index (χ4v) is 2.47. The number of rotatable bonds is 7. The summed E-state index contributed by atoms with van der Waals surface area (Å²) in [6.45, 7) is 10.0. The van der Waals surface area contributed by atoms with Crippen LogP contribution < -0.4 is 10.6 Å². The molecular formula is C20H28N2O3. The molecule has 3 N–H and O–H groups in total. The highest BCUT2D eigenvalue weighted by Crippen LogP contribution is 2.23. The summed E-state index contributed by atoms with van der Waals surface area (Å²) in [5.41, 5.74) is 1.18. The van der Waals surface area contributed by atoms with Crippen molar-refractivity contribution in [3.8, 4) is 0 Å². The smallest absolute Gasteiger partial charge is 0.251 e. The Hall–Kier alpha value is -2.27. The molecule has 0 fully saturated rings. The first-order valence-corrected chi connectivity index (χ1v) is 8.63. The first kappa shape index (κ1) is 19.1. The summed E-state index contributed by atoms with van der Waals surface area (Å²) < 4.78 is 5.23. The van der Waals surface area contributed by atoms with E-state index >= 15 is 0 Å². The van der Waals surface area contributed by atoms with Gasteiger partial charge in [-0.15, -0.1) is 0 Å². The number of aliphatic hydroxyl groups is 1. The summed E-state index contributed by atoms with van der Waals surface area (Å²) in [6.07, 6.45) is 1.50. The molecule has 0 spiro atoms. The van der Waals surface area contributed by atoms with Crippen LogP contribution in [0.25, 0.3) is 0 Å². The molecule has 5 heteroatoms. The molecule has 2 rings (SSSR count). The van der Waals surface area contributed by atoms with Crippen LogP contribution in [0.5, 0.6) is 0 Å². The number of hydrogen-bond donors (Lipinski definition) is 3. The second kappa shape index (κ2) is 7.74. The van der Waals surface area contributed by atoms with E-state index in [1.165, 1.54) is 6.26 Å². The van der Waals surface area contributed by atoms with Crippen LogP contribution in [0.3, 0.4) is 0 Å². The second-order valence-corrected chi connectivity index (χ2v) is 7.09. The van der Waals surface area contributed by atoms with Crippen molar-refractivity contribution in [3.05, 3.63) is 53.5 Å². The van der Waals surface area contributed by atoms with Crippen molar-refractivity contribution in [1.82, 2.24) is 5.32 Å². The van der Waals surface area contributed by atoms with Crippen molar-refractivity contribution in [2.45, 2.75) is 46.3 Å². The second-order valence-electron chi connectivity index (χ2n) is 7.09. The van der Waals surface area contributed by atoms with Gasteiger partial charge in [0.2, 0.25) is 0 Å². The molecule has 0 saturated carbocycles. The van der Waals surface area contributed by atoms with Crippen LogP contribution in [0.1, 0.15) is 49.4 Å². The Morgan fingerprint density at radius 1 is 1.24 bits per heavy atom. The molecular weight excluding hydrogens is 316 g/mol. The van der Waals surface area contributed by atoms with Crippen molar-refractivity contribution < 1.29 is 14.3 Å². The molecule has 1 aromatic heterocycles. The van der Waals surface area contributed by atoms with E-state index in [9.17, 15) is 9.90 Å². The van der Waals surface area contributed by atoms with Crippen molar-refractivity contribution in [2.75, 3.05) is 11.9 Å². The third kappa shape index (κ3) is 4.63. The summed E-state index contributed by atoms with van der Waals surface area (Å²) in [4.78, 5) is 12.6. The number of anilines is 1. The Balaban J connectivity index is 2.09. The zero-order valence-corrected chi connectivity index (χ0v) is 15.6. The van der Waals surface area contributed by atoms with E-state index in [4.69, 9.17) is 4.42 Å². The summed E-state index contributed by atoms with van der Waals surface area (Å²) in [7, 11) is 0. The number of benzene rings is 1. The molecule has 5 nitrogen and oxygen atoms in total. The van der Waals surface area contributed by atoms with E-state index < -0.39 is 5.60 Å². The van der Waals surface area contributed by atoms with Crippen molar-refractivity contribution in [1.29, 1.82) is 0 Å². The topological polar surface area (TPSA) is 74.5 Å². The molecule has 0 bridgehead atoms. The highest BCUT2D eigenvalue weighted by molar-refractivity contribution is 5.97. The van der Waals surface area contributed by atoms with Gasteiger partial charge in [-0.05, 0) is 56.5 Å². The molecule has 1 aromatic carbocycles. The molecule has 2 unspecified atom stereocenters. The Kier molecular flexibility index (Phi) is 5.90. The quantitative estimate of drug-likeness (QED) is 0.716. The molecule has 1 amide bonds. The lowest BCUT2D eigenvalue weighted by atomic mass is 10.0. The highest BCUT2D eigenvalue weighted by Gasteiger charge is 2.27. The van der Waals surface area contributed by atoms with Gasteiger partial charge >= 0.3 is 0 Å². The van der Waals surface area contributed by atoms with E-state index in [1.54, 1.807) is 25.1 Å². The lowest BCUT2D eigenvalue weighted by molar-refractivity contribution is 0.0330. The number of hydrogen-bond acceptors (Lipinski definition) is 4. The van der Waals surface area contributed by atoms with Crippen LogP contribution in [-0.4, -0.2) is 23.6 Å². The maximum Gasteiger partial charge on any atom is 0.251 e. The minimum absolute atomic E-state index is 0.0683. The summed E-state index contributed by atoms with van der Waals surface area (Å²) in [6, 6.07) is 9.33. The SMILES string of the molecule is Cc1c(NC(C)C(C)C)cccc1C(=O)NCC(C)(O)c1ccco1. The van der Waals surface area contributed by atoms with Gasteiger partial charge in [0.15, 0.2) is 0 Å². The number of nitrogens with one attached hydrogen (secondary N) is 2. The number of furan rings is 1. The minimum atomic E-state index is -1.25. The van der Waals surface area contributed by atoms with Gasteiger partial charge in [0.1, 0.15) is 11.4 Å². The van der Waals surface area contributed by atoms with Gasteiger partial charge in [0.05, 0.1) is 12.8 Å². The minimum Gasteiger partial charge on any atom is -0.466 e. The van der Waals surface area contributed by atoms with E-state index in [2.05, 4.69) is 31.4 Å². The normalized spacial score (nSPS) is 14.8. The maximum atomic E-state index is 12.6. The van der Waals surface area contributed by atoms with Gasteiger partial charge < -0.3 is 20.2 Å². The first-order chi connectivity index (χ1) is 11.7. The van der Waals surface area contributed by atoms with Crippen molar-refractivity contribution >= 4 is 11.6 Å². The third-order valence-corrected chi connectivity index (χ3v) is 4.61. The fourth-order valence-electron chi connectivity index (χ4n) is 2.47. The third-order valence-electron chi connectivity index (χ3n) is 4.61. The largest absolute Gasteiger partial charge is 0.466 e. The molecule has 1 heterocycles. The Morgan fingerprint density at radius 3 is 2.56 bits per heavy atom. The van der Waals surface area contributed by atoms with Gasteiger partial charge in [-0.1, -0.05) is 19.9 Å². The van der Waals surface area contributed by atoms with E-state index in [0.717, 1.165) is 11.3 Å². The van der Waals surface area contributed by atoms with Gasteiger partial charge in [-0.2, -0.15) is 0 Å². The number of carbonyl (C=O) groups is 1. The summed E-state index contributed by atoms with van der Waals surface area (Å²) in [5.74, 6) is 0.691. The molecule has 0 aliphatic rings. The van der Waals surface area contributed by atoms with E-state index in [1.807, 2.05) is 19.1 Å². The Bertz CT molecular complexity index is 706. The van der Waals surface area contributed by atoms with Crippen LogP contribution in [0.2, 0.25) is 0 Å². The molecule has 0 aliphatic heterocycles. The summed E-state index contributed by atoms with van der Waals surface area (Å²) in [5, 5.41) is 16.7. The Morgan fingerprint density at radius 2 is 1.96 bits per heavy atom. The van der Waals surface area contributed by atoms with Crippen LogP contribution in [0.15, 0.2) is 41.0 Å². The average molecular weight is 344 g/mol. The molecule has 0 aliphatic carbocycles. The monoisotopic (exact) mass is 344 g/mol. The number of carbonyl (C=O) groups excluding carboxylic acids is 1. The lowest BCUT2D eigenvalue weighted by Crippen LogP contribution is -2.38.